The smallest absolute Gasteiger partial charge is 0.0819 e. The van der Waals surface area contributed by atoms with Gasteiger partial charge in [0, 0.05) is 11.8 Å². The molecule has 2 nitrogen and oxygen atoms in total. The van der Waals surface area contributed by atoms with Crippen molar-refractivity contribution in [2.45, 2.75) is 12.2 Å². The van der Waals surface area contributed by atoms with Crippen LogP contribution < -0.4 is 0 Å². The largest absolute Gasteiger partial charge is 0.381 e. The van der Waals surface area contributed by atoms with Crippen molar-refractivity contribution in [1.82, 2.24) is 0 Å². The van der Waals surface area contributed by atoms with Crippen LogP contribution in [0.5, 0.6) is 0 Å². The number of fused-ring (bicyclic) bond motifs is 5. The molecule has 0 aromatic carbocycles. The van der Waals surface area contributed by atoms with E-state index in [1.54, 1.807) is 0 Å². The summed E-state index contributed by atoms with van der Waals surface area (Å²) in [7, 11) is 0. The molecule has 54 valence electrons. The van der Waals surface area contributed by atoms with Gasteiger partial charge in [-0.15, -0.1) is 0 Å². The molecule has 2 heteroatoms. The average Bonchev–Trinajstić information content (AvgIpc) is 2.60. The van der Waals surface area contributed by atoms with Gasteiger partial charge in [0.15, 0.2) is 0 Å². The highest BCUT2D eigenvalue weighted by Gasteiger charge is 2.48. The first kappa shape index (κ1) is 5.33. The Bertz CT molecular complexity index is 170. The molecule has 4 atom stereocenters. The molecule has 3 heterocycles. The Morgan fingerprint density at radius 2 is 1.60 bits per heavy atom. The molecule has 0 aromatic rings. The number of ether oxygens (including phenoxy) is 2. The minimum atomic E-state index is 0.387. The van der Waals surface area contributed by atoms with Gasteiger partial charge in [-0.05, 0) is 0 Å². The van der Waals surface area contributed by atoms with Gasteiger partial charge in [0.05, 0.1) is 25.4 Å². The molecule has 2 fully saturated rings. The summed E-state index contributed by atoms with van der Waals surface area (Å²) < 4.78 is 11.0. The predicted molar refractivity (Wildman–Crippen MR) is 35.6 cm³/mol. The maximum absolute atomic E-state index is 5.65. The minimum Gasteiger partial charge on any atom is -0.381 e. The van der Waals surface area contributed by atoms with Gasteiger partial charge in [-0.2, -0.15) is 0 Å². The molecule has 3 aliphatic rings. The lowest BCUT2D eigenvalue weighted by Crippen LogP contribution is -2.21. The van der Waals surface area contributed by atoms with Crippen LogP contribution in [0.25, 0.3) is 0 Å². The van der Waals surface area contributed by atoms with E-state index in [-0.39, 0.29) is 0 Å². The third-order valence-corrected chi connectivity index (χ3v) is 2.82. The first-order valence-electron chi connectivity index (χ1n) is 3.87. The molecule has 0 saturated carbocycles. The van der Waals surface area contributed by atoms with Crippen LogP contribution in [0, 0.1) is 11.8 Å². The van der Waals surface area contributed by atoms with Gasteiger partial charge in [0.1, 0.15) is 0 Å². The van der Waals surface area contributed by atoms with Crippen LogP contribution >= 0.6 is 0 Å². The monoisotopic (exact) mass is 138 g/mol. The fourth-order valence-electron chi connectivity index (χ4n) is 2.24. The van der Waals surface area contributed by atoms with Gasteiger partial charge in [-0.3, -0.25) is 0 Å². The number of hydrogen-bond acceptors (Lipinski definition) is 2. The Morgan fingerprint density at radius 3 is 2.20 bits per heavy atom. The number of hydrogen-bond donors (Lipinski definition) is 0. The van der Waals surface area contributed by atoms with E-state index in [2.05, 4.69) is 12.2 Å². The van der Waals surface area contributed by atoms with Gasteiger partial charge in [0.25, 0.3) is 0 Å². The van der Waals surface area contributed by atoms with Crippen molar-refractivity contribution in [3.63, 3.8) is 0 Å². The van der Waals surface area contributed by atoms with E-state index in [0.717, 1.165) is 13.2 Å². The highest BCUT2D eigenvalue weighted by Crippen LogP contribution is 2.42. The van der Waals surface area contributed by atoms with Gasteiger partial charge >= 0.3 is 0 Å². The fraction of sp³-hybridized carbons (Fsp3) is 0.750. The molecule has 2 bridgehead atoms. The standard InChI is InChI=1S/C8H10O2/c1-2-8-6-4-9-3-5(6)7(1)10-8/h1-2,5-8H,3-4H2/t5-,6+,7+,8-. The van der Waals surface area contributed by atoms with Crippen molar-refractivity contribution >= 4 is 0 Å². The summed E-state index contributed by atoms with van der Waals surface area (Å²) in [4.78, 5) is 0. The van der Waals surface area contributed by atoms with Gasteiger partial charge in [-0.1, -0.05) is 12.2 Å². The molecule has 0 aromatic heterocycles. The van der Waals surface area contributed by atoms with Crippen molar-refractivity contribution in [3.05, 3.63) is 12.2 Å². The third-order valence-electron chi connectivity index (χ3n) is 2.82. The van der Waals surface area contributed by atoms with E-state index in [4.69, 9.17) is 9.47 Å². The number of rotatable bonds is 0. The maximum atomic E-state index is 5.65. The van der Waals surface area contributed by atoms with Crippen molar-refractivity contribution in [1.29, 1.82) is 0 Å². The topological polar surface area (TPSA) is 18.5 Å². The van der Waals surface area contributed by atoms with E-state index >= 15 is 0 Å². The Balaban J connectivity index is 1.99. The molecule has 3 rings (SSSR count). The van der Waals surface area contributed by atoms with Crippen LogP contribution in [0.4, 0.5) is 0 Å². The molecule has 0 amide bonds. The summed E-state index contributed by atoms with van der Waals surface area (Å²) in [5.41, 5.74) is 0. The van der Waals surface area contributed by atoms with Crippen LogP contribution in [0.15, 0.2) is 12.2 Å². The van der Waals surface area contributed by atoms with Crippen LogP contribution in [0.3, 0.4) is 0 Å². The zero-order valence-electron chi connectivity index (χ0n) is 5.69. The lowest BCUT2D eigenvalue weighted by atomic mass is 9.86. The summed E-state index contributed by atoms with van der Waals surface area (Å²) >= 11 is 0. The van der Waals surface area contributed by atoms with E-state index in [9.17, 15) is 0 Å². The molecule has 0 spiro atoms. The Hall–Kier alpha value is -0.340. The van der Waals surface area contributed by atoms with Crippen molar-refractivity contribution < 1.29 is 9.47 Å². The van der Waals surface area contributed by atoms with E-state index in [1.165, 1.54) is 0 Å². The van der Waals surface area contributed by atoms with Crippen molar-refractivity contribution in [3.8, 4) is 0 Å². The second kappa shape index (κ2) is 1.63. The zero-order valence-corrected chi connectivity index (χ0v) is 5.69. The lowest BCUT2D eigenvalue weighted by Gasteiger charge is -2.12. The zero-order chi connectivity index (χ0) is 6.55. The van der Waals surface area contributed by atoms with Crippen LogP contribution in [0.1, 0.15) is 0 Å². The predicted octanol–water partition coefficient (Wildman–Crippen LogP) is 0.586. The van der Waals surface area contributed by atoms with E-state index in [0.29, 0.717) is 24.0 Å². The minimum absolute atomic E-state index is 0.387. The first-order chi connectivity index (χ1) is 4.95. The van der Waals surface area contributed by atoms with Crippen LogP contribution in [-0.4, -0.2) is 25.4 Å². The molecule has 2 saturated heterocycles. The molecular weight excluding hydrogens is 128 g/mol. The second-order valence-corrected chi connectivity index (χ2v) is 3.32. The first-order valence-corrected chi connectivity index (χ1v) is 3.87. The molecule has 0 radical (unpaired) electrons. The molecule has 0 aliphatic carbocycles. The molecule has 0 N–H and O–H groups in total. The van der Waals surface area contributed by atoms with Gasteiger partial charge < -0.3 is 9.47 Å². The maximum Gasteiger partial charge on any atom is 0.0819 e. The molecule has 3 aliphatic heterocycles. The van der Waals surface area contributed by atoms with Crippen molar-refractivity contribution in [2.24, 2.45) is 11.8 Å². The SMILES string of the molecule is C1=C[C@H]2O[C@@H]1[C@@H]1COC[C@@H]12. The molecular formula is C8H10O2. The molecule has 0 unspecified atom stereocenters. The Labute approximate surface area is 59.8 Å². The highest BCUT2D eigenvalue weighted by molar-refractivity contribution is 5.15. The average molecular weight is 138 g/mol. The quantitative estimate of drug-likeness (QED) is 0.456. The van der Waals surface area contributed by atoms with Gasteiger partial charge in [-0.25, -0.2) is 0 Å². The van der Waals surface area contributed by atoms with Crippen LogP contribution in [0.2, 0.25) is 0 Å². The summed E-state index contributed by atoms with van der Waals surface area (Å²) in [5.74, 6) is 1.35. The summed E-state index contributed by atoms with van der Waals surface area (Å²) in [6.45, 7) is 1.83. The Morgan fingerprint density at radius 1 is 1.00 bits per heavy atom. The van der Waals surface area contributed by atoms with Crippen LogP contribution in [-0.2, 0) is 9.47 Å². The summed E-state index contributed by atoms with van der Waals surface area (Å²) in [5, 5.41) is 0. The summed E-state index contributed by atoms with van der Waals surface area (Å²) in [6, 6.07) is 0. The fourth-order valence-corrected chi connectivity index (χ4v) is 2.24. The Kier molecular flexibility index (Phi) is 0.868. The molecule has 10 heavy (non-hydrogen) atoms. The van der Waals surface area contributed by atoms with Crippen molar-refractivity contribution in [2.75, 3.05) is 13.2 Å². The van der Waals surface area contributed by atoms with E-state index in [1.807, 2.05) is 0 Å². The highest BCUT2D eigenvalue weighted by atomic mass is 16.5. The normalized spacial score (nSPS) is 56.0. The summed E-state index contributed by atoms with van der Waals surface area (Å²) in [6.07, 6.45) is 5.14. The lowest BCUT2D eigenvalue weighted by molar-refractivity contribution is 0.0576. The van der Waals surface area contributed by atoms with Gasteiger partial charge in [0.2, 0.25) is 0 Å². The second-order valence-electron chi connectivity index (χ2n) is 3.32. The van der Waals surface area contributed by atoms with E-state index < -0.39 is 0 Å². The third kappa shape index (κ3) is 0.478.